The van der Waals surface area contributed by atoms with Crippen molar-refractivity contribution in [3.63, 3.8) is 0 Å². The van der Waals surface area contributed by atoms with Gasteiger partial charge in [-0.05, 0) is 32.8 Å². The SMILES string of the molecule is CO[Si](CCCCN(F)C(=O)c1cc(F)c(F)c(F)c1F)(OC)OC(C)C. The summed E-state index contributed by atoms with van der Waals surface area (Å²) in [5.41, 5.74) is -1.23. The van der Waals surface area contributed by atoms with Crippen LogP contribution in [0.25, 0.3) is 0 Å². The van der Waals surface area contributed by atoms with Gasteiger partial charge in [-0.2, -0.15) is 5.12 Å². The van der Waals surface area contributed by atoms with E-state index in [2.05, 4.69) is 0 Å². The summed E-state index contributed by atoms with van der Waals surface area (Å²) in [6.45, 7) is 3.13. The second kappa shape index (κ2) is 10.1. The van der Waals surface area contributed by atoms with Crippen molar-refractivity contribution in [2.24, 2.45) is 0 Å². The van der Waals surface area contributed by atoms with Crippen molar-refractivity contribution < 1.29 is 40.1 Å². The molecule has 0 unspecified atom stereocenters. The predicted molar refractivity (Wildman–Crippen MR) is 88.5 cm³/mol. The summed E-state index contributed by atoms with van der Waals surface area (Å²) >= 11 is 0. The molecule has 0 spiro atoms. The summed E-state index contributed by atoms with van der Waals surface area (Å²) in [6.07, 6.45) is 0.323. The number of rotatable bonds is 10. The molecule has 0 radical (unpaired) electrons. The van der Waals surface area contributed by atoms with Gasteiger partial charge in [0, 0.05) is 26.4 Å². The lowest BCUT2D eigenvalue weighted by Gasteiger charge is -2.28. The van der Waals surface area contributed by atoms with Gasteiger partial charge in [0.05, 0.1) is 12.1 Å². The van der Waals surface area contributed by atoms with Gasteiger partial charge in [-0.15, -0.1) is 0 Å². The zero-order valence-corrected chi connectivity index (χ0v) is 16.5. The fourth-order valence-corrected chi connectivity index (χ4v) is 4.64. The first-order chi connectivity index (χ1) is 12.6. The number of carbonyl (C=O) groups excluding carboxylic acids is 1. The van der Waals surface area contributed by atoms with Crippen LogP contribution < -0.4 is 0 Å². The molecule has 27 heavy (non-hydrogen) atoms. The smallest absolute Gasteiger partial charge is 0.377 e. The van der Waals surface area contributed by atoms with E-state index in [1.165, 1.54) is 14.2 Å². The van der Waals surface area contributed by atoms with E-state index in [1.54, 1.807) is 13.8 Å². The molecule has 0 bridgehead atoms. The molecule has 0 aliphatic carbocycles. The molecule has 0 aliphatic rings. The van der Waals surface area contributed by atoms with E-state index in [0.29, 0.717) is 12.5 Å². The monoisotopic (exact) mass is 415 g/mol. The minimum Gasteiger partial charge on any atom is -0.377 e. The molecule has 1 aromatic carbocycles. The Hall–Kier alpha value is -1.56. The summed E-state index contributed by atoms with van der Waals surface area (Å²) in [5, 5.41) is -0.388. The molecule has 0 saturated heterocycles. The predicted octanol–water partition coefficient (Wildman–Crippen LogP) is 4.01. The number of nitrogens with zero attached hydrogens (tertiary/aromatic N) is 1. The topological polar surface area (TPSA) is 48.0 Å². The van der Waals surface area contributed by atoms with E-state index in [4.69, 9.17) is 13.3 Å². The molecule has 1 rings (SSSR count). The van der Waals surface area contributed by atoms with Crippen molar-refractivity contribution in [1.29, 1.82) is 0 Å². The van der Waals surface area contributed by atoms with E-state index < -0.39 is 50.1 Å². The first kappa shape index (κ1) is 23.5. The summed E-state index contributed by atoms with van der Waals surface area (Å²) in [4.78, 5) is 11.8. The Morgan fingerprint density at radius 1 is 1.07 bits per heavy atom. The zero-order valence-electron chi connectivity index (χ0n) is 15.5. The van der Waals surface area contributed by atoms with Crippen molar-refractivity contribution in [2.45, 2.75) is 38.8 Å². The van der Waals surface area contributed by atoms with E-state index in [0.717, 1.165) is 0 Å². The number of hydrogen-bond acceptors (Lipinski definition) is 4. The Bertz CT molecular complexity index is 658. The normalized spacial score (nSPS) is 11.9. The van der Waals surface area contributed by atoms with Crippen LogP contribution in [0.3, 0.4) is 0 Å². The van der Waals surface area contributed by atoms with Crippen LogP contribution in [0.5, 0.6) is 0 Å². The second-order valence-corrected chi connectivity index (χ2v) is 8.87. The van der Waals surface area contributed by atoms with Crippen molar-refractivity contribution >= 4 is 14.7 Å². The Morgan fingerprint density at radius 3 is 2.19 bits per heavy atom. The third-order valence-electron chi connectivity index (χ3n) is 3.68. The standard InChI is InChI=1S/C16H22F5NO4Si/c1-10(2)26-27(24-3,25-4)8-6-5-7-22(21)16(23)11-9-12(17)14(19)15(20)13(11)18/h9-10H,5-8H2,1-4H3. The molecule has 1 aromatic rings. The molecule has 11 heteroatoms. The number of amides is 1. The lowest BCUT2D eigenvalue weighted by Crippen LogP contribution is -2.45. The molecule has 154 valence electrons. The maximum Gasteiger partial charge on any atom is 0.500 e. The van der Waals surface area contributed by atoms with Crippen LogP contribution in [-0.4, -0.2) is 46.7 Å². The van der Waals surface area contributed by atoms with Crippen LogP contribution in [0, 0.1) is 23.3 Å². The maximum atomic E-state index is 13.9. The molecule has 0 N–H and O–H groups in total. The van der Waals surface area contributed by atoms with Crippen LogP contribution in [0.2, 0.25) is 6.04 Å². The van der Waals surface area contributed by atoms with Crippen LogP contribution in [0.15, 0.2) is 6.07 Å². The molecule has 0 aliphatic heterocycles. The highest BCUT2D eigenvalue weighted by atomic mass is 28.4. The van der Waals surface area contributed by atoms with Gasteiger partial charge in [-0.1, -0.05) is 4.48 Å². The van der Waals surface area contributed by atoms with Gasteiger partial charge < -0.3 is 13.3 Å². The fourth-order valence-electron chi connectivity index (χ4n) is 2.35. The minimum absolute atomic E-state index is 0.118. The van der Waals surface area contributed by atoms with Crippen LogP contribution in [0.4, 0.5) is 22.0 Å². The highest BCUT2D eigenvalue weighted by Gasteiger charge is 2.39. The van der Waals surface area contributed by atoms with Gasteiger partial charge in [0.25, 0.3) is 5.91 Å². The number of unbranched alkanes of at least 4 members (excludes halogenated alkanes) is 1. The average molecular weight is 415 g/mol. The lowest BCUT2D eigenvalue weighted by atomic mass is 10.1. The van der Waals surface area contributed by atoms with Gasteiger partial charge in [-0.3, -0.25) is 4.79 Å². The zero-order chi connectivity index (χ0) is 20.8. The van der Waals surface area contributed by atoms with Gasteiger partial charge in [-0.25, -0.2) is 17.6 Å². The first-order valence-electron chi connectivity index (χ1n) is 8.17. The van der Waals surface area contributed by atoms with Gasteiger partial charge >= 0.3 is 8.80 Å². The first-order valence-corrected chi connectivity index (χ1v) is 10.1. The highest BCUT2D eigenvalue weighted by Crippen LogP contribution is 2.22. The van der Waals surface area contributed by atoms with Crippen molar-refractivity contribution in [1.82, 2.24) is 5.12 Å². The van der Waals surface area contributed by atoms with E-state index in [1.807, 2.05) is 0 Å². The van der Waals surface area contributed by atoms with Gasteiger partial charge in [0.2, 0.25) is 0 Å². The molecule has 0 atom stereocenters. The molecule has 1 amide bonds. The fraction of sp³-hybridized carbons (Fsp3) is 0.562. The molecular formula is C16H22F5NO4Si. The van der Waals surface area contributed by atoms with Crippen LogP contribution in [0.1, 0.15) is 37.0 Å². The molecule has 5 nitrogen and oxygen atoms in total. The lowest BCUT2D eigenvalue weighted by molar-refractivity contribution is 0.0179. The Balaban J connectivity index is 2.67. The number of halogens is 5. The van der Waals surface area contributed by atoms with E-state index in [-0.39, 0.29) is 23.7 Å². The molecule has 0 fully saturated rings. The third kappa shape index (κ3) is 5.96. The summed E-state index contributed by atoms with van der Waals surface area (Å²) in [7, 11) is -0.0585. The Morgan fingerprint density at radius 2 is 1.67 bits per heavy atom. The Kier molecular flexibility index (Phi) is 8.79. The van der Waals surface area contributed by atoms with E-state index >= 15 is 0 Å². The maximum absolute atomic E-state index is 13.9. The largest absolute Gasteiger partial charge is 0.500 e. The number of hydrogen-bond donors (Lipinski definition) is 0. The van der Waals surface area contributed by atoms with Crippen LogP contribution >= 0.6 is 0 Å². The number of carbonyl (C=O) groups is 1. The van der Waals surface area contributed by atoms with E-state index in [9.17, 15) is 26.8 Å². The van der Waals surface area contributed by atoms with Crippen molar-refractivity contribution in [2.75, 3.05) is 20.8 Å². The average Bonchev–Trinajstić information content (AvgIpc) is 2.64. The molecular weight excluding hydrogens is 393 g/mol. The number of benzene rings is 1. The molecule has 0 heterocycles. The second-order valence-electron chi connectivity index (χ2n) is 5.95. The Labute approximate surface area is 155 Å². The summed E-state index contributed by atoms with van der Waals surface area (Å²) < 4.78 is 83.0. The minimum atomic E-state index is -2.93. The molecule has 0 saturated carbocycles. The summed E-state index contributed by atoms with van der Waals surface area (Å²) in [6, 6.07) is 0.460. The van der Waals surface area contributed by atoms with Crippen molar-refractivity contribution in [3.8, 4) is 0 Å². The third-order valence-corrected chi connectivity index (χ3v) is 6.72. The highest BCUT2D eigenvalue weighted by molar-refractivity contribution is 6.60. The van der Waals surface area contributed by atoms with Gasteiger partial charge in [0.1, 0.15) is 0 Å². The van der Waals surface area contributed by atoms with Crippen LogP contribution in [-0.2, 0) is 13.3 Å². The van der Waals surface area contributed by atoms with Gasteiger partial charge in [0.15, 0.2) is 23.3 Å². The quantitative estimate of drug-likeness (QED) is 0.145. The van der Waals surface area contributed by atoms with Crippen molar-refractivity contribution in [3.05, 3.63) is 34.9 Å². The summed E-state index contributed by atoms with van der Waals surface area (Å²) in [5.74, 6) is -9.58. The molecule has 0 aromatic heterocycles.